The van der Waals surface area contributed by atoms with E-state index in [2.05, 4.69) is 22.5 Å². The Balaban J connectivity index is 2.22. The van der Waals surface area contributed by atoms with Crippen molar-refractivity contribution < 1.29 is 4.79 Å². The van der Waals surface area contributed by atoms with Gasteiger partial charge < -0.3 is 4.90 Å². The third-order valence-corrected chi connectivity index (χ3v) is 4.73. The van der Waals surface area contributed by atoms with E-state index in [0.717, 1.165) is 17.3 Å². The monoisotopic (exact) mass is 341 g/mol. The largest absolute Gasteiger partial charge is 0.332 e. The Hall–Kier alpha value is -0.800. The van der Waals surface area contributed by atoms with E-state index in [1.807, 2.05) is 4.90 Å². The van der Waals surface area contributed by atoms with Crippen LogP contribution in [0.25, 0.3) is 0 Å². The molecule has 19 heavy (non-hydrogen) atoms. The van der Waals surface area contributed by atoms with Crippen molar-refractivity contribution in [2.45, 2.75) is 31.7 Å². The Morgan fingerprint density at radius 2 is 2.16 bits per heavy atom. The molecule has 2 nitrogen and oxygen atoms in total. The number of benzene rings is 1. The molecule has 4 heteroatoms. The van der Waals surface area contributed by atoms with Gasteiger partial charge in [0.1, 0.15) is 0 Å². The molecule has 0 unspecified atom stereocenters. The van der Waals surface area contributed by atoms with Crippen LogP contribution in [0.5, 0.6) is 0 Å². The molecule has 1 fully saturated rings. The second-order valence-electron chi connectivity index (χ2n) is 4.81. The molecular weight excluding hydrogens is 326 g/mol. The van der Waals surface area contributed by atoms with Crippen molar-refractivity contribution in [2.24, 2.45) is 0 Å². The first kappa shape index (κ1) is 14.6. The molecule has 0 saturated heterocycles. The third-order valence-electron chi connectivity index (χ3n) is 3.52. The highest BCUT2D eigenvalue weighted by Crippen LogP contribution is 2.27. The van der Waals surface area contributed by atoms with Gasteiger partial charge in [-0.05, 0) is 47.0 Å². The normalized spacial score (nSPS) is 15.5. The first-order chi connectivity index (χ1) is 9.13. The van der Waals surface area contributed by atoms with Crippen LogP contribution in [0.15, 0.2) is 35.3 Å². The summed E-state index contributed by atoms with van der Waals surface area (Å²) in [6.07, 6.45) is 6.38. The summed E-state index contributed by atoms with van der Waals surface area (Å²) in [5, 5.41) is 0.618. The van der Waals surface area contributed by atoms with Crippen molar-refractivity contribution in [3.63, 3.8) is 0 Å². The van der Waals surface area contributed by atoms with Crippen LogP contribution in [0, 0.1) is 0 Å². The summed E-state index contributed by atoms with van der Waals surface area (Å²) >= 11 is 9.33. The van der Waals surface area contributed by atoms with E-state index < -0.39 is 0 Å². The maximum atomic E-state index is 12.6. The van der Waals surface area contributed by atoms with Crippen molar-refractivity contribution in [1.82, 2.24) is 4.90 Å². The molecule has 1 aromatic carbocycles. The van der Waals surface area contributed by atoms with Crippen LogP contribution >= 0.6 is 27.5 Å². The Kier molecular flexibility index (Phi) is 5.06. The molecule has 1 saturated carbocycles. The lowest BCUT2D eigenvalue weighted by Gasteiger charge is -2.28. The van der Waals surface area contributed by atoms with E-state index in [1.165, 1.54) is 12.8 Å². The molecule has 0 aliphatic heterocycles. The van der Waals surface area contributed by atoms with Crippen LogP contribution in [0.3, 0.4) is 0 Å². The lowest BCUT2D eigenvalue weighted by molar-refractivity contribution is 0.0706. The maximum Gasteiger partial charge on any atom is 0.254 e. The van der Waals surface area contributed by atoms with Gasteiger partial charge in [-0.3, -0.25) is 4.79 Å². The van der Waals surface area contributed by atoms with Crippen molar-refractivity contribution in [1.29, 1.82) is 0 Å². The highest BCUT2D eigenvalue weighted by atomic mass is 79.9. The lowest BCUT2D eigenvalue weighted by Crippen LogP contribution is -2.38. The van der Waals surface area contributed by atoms with Gasteiger partial charge in [-0.15, -0.1) is 6.58 Å². The molecule has 0 aromatic heterocycles. The van der Waals surface area contributed by atoms with Gasteiger partial charge in [0.2, 0.25) is 0 Å². The van der Waals surface area contributed by atoms with Crippen LogP contribution in [-0.4, -0.2) is 23.4 Å². The maximum absolute atomic E-state index is 12.6. The second-order valence-corrected chi connectivity index (χ2v) is 6.07. The predicted octanol–water partition coefficient (Wildman–Crippen LogP) is 4.67. The third kappa shape index (κ3) is 3.40. The number of halogens is 2. The molecule has 0 N–H and O–H groups in total. The minimum Gasteiger partial charge on any atom is -0.332 e. The van der Waals surface area contributed by atoms with Gasteiger partial charge in [-0.25, -0.2) is 0 Å². The number of rotatable bonds is 4. The molecular formula is C15H17BrClNO. The lowest BCUT2D eigenvalue weighted by atomic mass is 10.1. The van der Waals surface area contributed by atoms with E-state index in [-0.39, 0.29) is 5.91 Å². The average molecular weight is 343 g/mol. The van der Waals surface area contributed by atoms with Crippen LogP contribution < -0.4 is 0 Å². The number of carbonyl (C=O) groups is 1. The fourth-order valence-corrected chi connectivity index (χ4v) is 3.04. The summed E-state index contributed by atoms with van der Waals surface area (Å²) in [5.74, 6) is 0.0594. The first-order valence-electron chi connectivity index (χ1n) is 6.50. The van der Waals surface area contributed by atoms with E-state index in [4.69, 9.17) is 11.6 Å². The summed E-state index contributed by atoms with van der Waals surface area (Å²) in [6, 6.07) is 5.66. The van der Waals surface area contributed by atoms with Gasteiger partial charge in [-0.1, -0.05) is 30.5 Å². The Labute approximate surface area is 127 Å². The zero-order chi connectivity index (χ0) is 13.8. The molecule has 1 amide bonds. The molecule has 1 aliphatic rings. The van der Waals surface area contributed by atoms with Gasteiger partial charge in [0.25, 0.3) is 5.91 Å². The van der Waals surface area contributed by atoms with Crippen LogP contribution in [-0.2, 0) is 0 Å². The van der Waals surface area contributed by atoms with Crippen LogP contribution in [0.2, 0.25) is 5.02 Å². The highest BCUT2D eigenvalue weighted by molar-refractivity contribution is 9.10. The van der Waals surface area contributed by atoms with E-state index in [1.54, 1.807) is 24.3 Å². The Bertz CT molecular complexity index is 483. The van der Waals surface area contributed by atoms with Crippen LogP contribution in [0.4, 0.5) is 0 Å². The average Bonchev–Trinajstić information content (AvgIpc) is 2.92. The molecule has 1 aromatic rings. The standard InChI is InChI=1S/C15H17BrClNO/c1-2-9-18(12-5-3-4-6-12)15(19)11-7-8-14(17)13(16)10-11/h2,7-8,10,12H,1,3-6,9H2. The SMILES string of the molecule is C=CCN(C(=O)c1ccc(Cl)c(Br)c1)C1CCCC1. The second kappa shape index (κ2) is 6.58. The number of nitrogens with zero attached hydrogens (tertiary/aromatic N) is 1. The number of hydrogen-bond acceptors (Lipinski definition) is 1. The molecule has 102 valence electrons. The van der Waals surface area contributed by atoms with Gasteiger partial charge in [-0.2, -0.15) is 0 Å². The molecule has 1 aliphatic carbocycles. The van der Waals surface area contributed by atoms with Crippen molar-refractivity contribution in [3.05, 3.63) is 45.9 Å². The molecule has 0 spiro atoms. The zero-order valence-corrected chi connectivity index (χ0v) is 13.1. The van der Waals surface area contributed by atoms with Crippen molar-refractivity contribution in [3.8, 4) is 0 Å². The summed E-state index contributed by atoms with van der Waals surface area (Å²) in [7, 11) is 0. The Morgan fingerprint density at radius 3 is 2.74 bits per heavy atom. The number of amides is 1. The van der Waals surface area contributed by atoms with Crippen LogP contribution in [0.1, 0.15) is 36.0 Å². The number of carbonyl (C=O) groups excluding carboxylic acids is 1. The number of hydrogen-bond donors (Lipinski definition) is 0. The molecule has 0 atom stereocenters. The van der Waals surface area contributed by atoms with Gasteiger partial charge in [0.15, 0.2) is 0 Å². The molecule has 0 bridgehead atoms. The van der Waals surface area contributed by atoms with Gasteiger partial charge in [0, 0.05) is 22.6 Å². The Morgan fingerprint density at radius 1 is 1.47 bits per heavy atom. The predicted molar refractivity (Wildman–Crippen MR) is 82.6 cm³/mol. The van der Waals surface area contributed by atoms with Crippen molar-refractivity contribution in [2.75, 3.05) is 6.54 Å². The smallest absolute Gasteiger partial charge is 0.254 e. The highest BCUT2D eigenvalue weighted by Gasteiger charge is 2.26. The summed E-state index contributed by atoms with van der Waals surface area (Å²) < 4.78 is 0.755. The van der Waals surface area contributed by atoms with Gasteiger partial charge >= 0.3 is 0 Å². The fourth-order valence-electron chi connectivity index (χ4n) is 2.55. The topological polar surface area (TPSA) is 20.3 Å². The van der Waals surface area contributed by atoms with E-state index >= 15 is 0 Å². The minimum absolute atomic E-state index is 0.0594. The quantitative estimate of drug-likeness (QED) is 0.728. The molecule has 0 heterocycles. The van der Waals surface area contributed by atoms with Crippen molar-refractivity contribution >= 4 is 33.4 Å². The van der Waals surface area contributed by atoms with E-state index in [9.17, 15) is 4.79 Å². The first-order valence-corrected chi connectivity index (χ1v) is 7.67. The van der Waals surface area contributed by atoms with E-state index in [0.29, 0.717) is 23.2 Å². The summed E-state index contributed by atoms with van der Waals surface area (Å²) in [6.45, 7) is 4.36. The summed E-state index contributed by atoms with van der Waals surface area (Å²) in [4.78, 5) is 14.5. The minimum atomic E-state index is 0.0594. The zero-order valence-electron chi connectivity index (χ0n) is 10.7. The fraction of sp³-hybridized carbons (Fsp3) is 0.400. The molecule has 0 radical (unpaired) electrons. The summed E-state index contributed by atoms with van der Waals surface area (Å²) in [5.41, 5.74) is 0.671. The molecule has 2 rings (SSSR count). The van der Waals surface area contributed by atoms with Gasteiger partial charge in [0.05, 0.1) is 5.02 Å².